The molecule has 0 N–H and O–H groups in total. The molecule has 1 aromatic rings. The van der Waals surface area contributed by atoms with Gasteiger partial charge in [0, 0.05) is 31.1 Å². The van der Waals surface area contributed by atoms with E-state index in [2.05, 4.69) is 0 Å². The zero-order chi connectivity index (χ0) is 13.7. The lowest BCUT2D eigenvalue weighted by Crippen LogP contribution is -2.43. The minimum absolute atomic E-state index is 0.0688. The minimum Gasteiger partial charge on any atom is -0.550 e. The molecule has 1 aromatic carbocycles. The number of aliphatic carboxylic acids is 1. The Hall–Kier alpha value is -2.10. The van der Waals surface area contributed by atoms with E-state index >= 15 is 0 Å². The molecule has 1 heterocycles. The van der Waals surface area contributed by atoms with Crippen LogP contribution in [0.1, 0.15) is 18.4 Å². The SMILES string of the molecule is O=C([O-])C1CCN(C(=O)/C=C/c2ccccc2)CC1. The van der Waals surface area contributed by atoms with E-state index in [4.69, 9.17) is 0 Å². The lowest BCUT2D eigenvalue weighted by Gasteiger charge is -2.31. The number of likely N-dealkylation sites (tertiary alicyclic amines) is 1. The second kappa shape index (κ2) is 6.18. The standard InChI is InChI=1S/C15H17NO3/c17-14(7-6-12-4-2-1-3-5-12)16-10-8-13(9-11-16)15(18)19/h1-7,13H,8-11H2,(H,18,19)/p-1/b7-6+. The summed E-state index contributed by atoms with van der Waals surface area (Å²) in [7, 11) is 0. The molecule has 0 aromatic heterocycles. The van der Waals surface area contributed by atoms with Gasteiger partial charge in [0.05, 0.1) is 0 Å². The third kappa shape index (κ3) is 3.68. The molecule has 1 fully saturated rings. The van der Waals surface area contributed by atoms with Gasteiger partial charge in [-0.3, -0.25) is 4.79 Å². The monoisotopic (exact) mass is 258 g/mol. The van der Waals surface area contributed by atoms with E-state index in [0.29, 0.717) is 25.9 Å². The summed E-state index contributed by atoms with van der Waals surface area (Å²) in [5.41, 5.74) is 0.973. The first-order chi connectivity index (χ1) is 9.16. The Labute approximate surface area is 112 Å². The maximum absolute atomic E-state index is 11.9. The molecule has 0 unspecified atom stereocenters. The van der Waals surface area contributed by atoms with Gasteiger partial charge in [0.25, 0.3) is 0 Å². The molecule has 0 aliphatic carbocycles. The summed E-state index contributed by atoms with van der Waals surface area (Å²) in [6.45, 7) is 0.965. The molecule has 19 heavy (non-hydrogen) atoms. The van der Waals surface area contributed by atoms with Crippen LogP contribution >= 0.6 is 0 Å². The van der Waals surface area contributed by atoms with Crippen LogP contribution in [-0.2, 0) is 9.59 Å². The number of benzene rings is 1. The Morgan fingerprint density at radius 1 is 1.16 bits per heavy atom. The van der Waals surface area contributed by atoms with Crippen LogP contribution in [-0.4, -0.2) is 29.9 Å². The Balaban J connectivity index is 1.88. The van der Waals surface area contributed by atoms with Crippen molar-refractivity contribution in [3.05, 3.63) is 42.0 Å². The predicted octanol–water partition coefficient (Wildman–Crippen LogP) is 0.688. The van der Waals surface area contributed by atoms with E-state index in [0.717, 1.165) is 5.56 Å². The van der Waals surface area contributed by atoms with Gasteiger partial charge in [-0.05, 0) is 24.5 Å². The predicted molar refractivity (Wildman–Crippen MR) is 69.8 cm³/mol. The van der Waals surface area contributed by atoms with Gasteiger partial charge < -0.3 is 14.8 Å². The van der Waals surface area contributed by atoms with Crippen molar-refractivity contribution in [1.29, 1.82) is 0 Å². The fourth-order valence-corrected chi connectivity index (χ4v) is 2.17. The molecule has 0 radical (unpaired) electrons. The highest BCUT2D eigenvalue weighted by Gasteiger charge is 2.21. The molecule has 0 spiro atoms. The van der Waals surface area contributed by atoms with Crippen LogP contribution < -0.4 is 5.11 Å². The fourth-order valence-electron chi connectivity index (χ4n) is 2.17. The van der Waals surface area contributed by atoms with Gasteiger partial charge in [-0.1, -0.05) is 30.3 Å². The van der Waals surface area contributed by atoms with Gasteiger partial charge in [-0.15, -0.1) is 0 Å². The van der Waals surface area contributed by atoms with Crippen LogP contribution in [0.4, 0.5) is 0 Å². The Bertz CT molecular complexity index is 473. The molecule has 1 saturated heterocycles. The van der Waals surface area contributed by atoms with Crippen LogP contribution in [0.5, 0.6) is 0 Å². The molecule has 100 valence electrons. The largest absolute Gasteiger partial charge is 0.550 e. The zero-order valence-corrected chi connectivity index (χ0v) is 10.6. The lowest BCUT2D eigenvalue weighted by atomic mass is 9.97. The first kappa shape index (κ1) is 13.3. The first-order valence-electron chi connectivity index (χ1n) is 6.39. The highest BCUT2D eigenvalue weighted by atomic mass is 16.4. The van der Waals surface area contributed by atoms with Crippen molar-refractivity contribution in [3.63, 3.8) is 0 Å². The number of carboxylic acid groups (broad SMARTS) is 1. The lowest BCUT2D eigenvalue weighted by molar-refractivity contribution is -0.312. The smallest absolute Gasteiger partial charge is 0.246 e. The molecule has 1 amide bonds. The van der Waals surface area contributed by atoms with Gasteiger partial charge in [0.15, 0.2) is 0 Å². The van der Waals surface area contributed by atoms with Crippen molar-refractivity contribution >= 4 is 18.0 Å². The number of rotatable bonds is 3. The normalized spacial score (nSPS) is 16.7. The topological polar surface area (TPSA) is 60.4 Å². The summed E-state index contributed by atoms with van der Waals surface area (Å²) in [6, 6.07) is 9.59. The third-order valence-corrected chi connectivity index (χ3v) is 3.36. The molecule has 2 rings (SSSR count). The van der Waals surface area contributed by atoms with Crippen molar-refractivity contribution in [2.24, 2.45) is 5.92 Å². The average molecular weight is 258 g/mol. The van der Waals surface area contributed by atoms with Gasteiger partial charge in [-0.2, -0.15) is 0 Å². The van der Waals surface area contributed by atoms with Crippen molar-refractivity contribution < 1.29 is 14.7 Å². The molecule has 0 atom stereocenters. The number of carbonyl (C=O) groups is 2. The second-order valence-electron chi connectivity index (χ2n) is 4.66. The Morgan fingerprint density at radius 3 is 2.37 bits per heavy atom. The van der Waals surface area contributed by atoms with Crippen LogP contribution in [0.15, 0.2) is 36.4 Å². The maximum Gasteiger partial charge on any atom is 0.246 e. The summed E-state index contributed by atoms with van der Waals surface area (Å²) in [5.74, 6) is -1.49. The molecule has 0 saturated carbocycles. The maximum atomic E-state index is 11.9. The van der Waals surface area contributed by atoms with E-state index in [1.54, 1.807) is 11.0 Å². The second-order valence-corrected chi connectivity index (χ2v) is 4.66. The highest BCUT2D eigenvalue weighted by molar-refractivity contribution is 5.91. The highest BCUT2D eigenvalue weighted by Crippen LogP contribution is 2.16. The summed E-state index contributed by atoms with van der Waals surface area (Å²) >= 11 is 0. The molecule has 1 aliphatic heterocycles. The molecule has 4 nitrogen and oxygen atoms in total. The fraction of sp³-hybridized carbons (Fsp3) is 0.333. The number of carboxylic acids is 1. The van der Waals surface area contributed by atoms with Gasteiger partial charge in [-0.25, -0.2) is 0 Å². The molecule has 0 bridgehead atoms. The minimum atomic E-state index is -1.01. The van der Waals surface area contributed by atoms with Crippen molar-refractivity contribution in [2.45, 2.75) is 12.8 Å². The van der Waals surface area contributed by atoms with E-state index in [1.165, 1.54) is 6.08 Å². The zero-order valence-electron chi connectivity index (χ0n) is 10.6. The molecular formula is C15H16NO3-. The van der Waals surface area contributed by atoms with Crippen molar-refractivity contribution in [1.82, 2.24) is 4.90 Å². The third-order valence-electron chi connectivity index (χ3n) is 3.36. The van der Waals surface area contributed by atoms with Gasteiger partial charge in [0.1, 0.15) is 0 Å². The molecule has 4 heteroatoms. The van der Waals surface area contributed by atoms with E-state index in [-0.39, 0.29) is 5.91 Å². The number of amides is 1. The van der Waals surface area contributed by atoms with Gasteiger partial charge >= 0.3 is 0 Å². The summed E-state index contributed by atoms with van der Waals surface area (Å²) < 4.78 is 0. The number of carbonyl (C=O) groups excluding carboxylic acids is 2. The Kier molecular flexibility index (Phi) is 4.34. The Morgan fingerprint density at radius 2 is 1.79 bits per heavy atom. The summed E-state index contributed by atoms with van der Waals surface area (Å²) in [5, 5.41) is 10.7. The van der Waals surface area contributed by atoms with Crippen molar-refractivity contribution in [2.75, 3.05) is 13.1 Å². The van der Waals surface area contributed by atoms with Gasteiger partial charge in [0.2, 0.25) is 5.91 Å². The average Bonchev–Trinajstić information content (AvgIpc) is 2.46. The molecule has 1 aliphatic rings. The van der Waals surface area contributed by atoms with Crippen LogP contribution in [0.2, 0.25) is 0 Å². The van der Waals surface area contributed by atoms with Crippen molar-refractivity contribution in [3.8, 4) is 0 Å². The summed E-state index contributed by atoms with van der Waals surface area (Å²) in [4.78, 5) is 24.3. The first-order valence-corrected chi connectivity index (χ1v) is 6.39. The number of hydrogen-bond acceptors (Lipinski definition) is 3. The quantitative estimate of drug-likeness (QED) is 0.749. The van der Waals surface area contributed by atoms with E-state index in [9.17, 15) is 14.7 Å². The summed E-state index contributed by atoms with van der Waals surface area (Å²) in [6.07, 6.45) is 4.27. The molecular weight excluding hydrogens is 242 g/mol. The van der Waals surface area contributed by atoms with Crippen LogP contribution in [0.3, 0.4) is 0 Å². The van der Waals surface area contributed by atoms with E-state index < -0.39 is 11.9 Å². The number of hydrogen-bond donors (Lipinski definition) is 0. The van der Waals surface area contributed by atoms with Crippen LogP contribution in [0.25, 0.3) is 6.08 Å². The van der Waals surface area contributed by atoms with E-state index in [1.807, 2.05) is 30.3 Å². The number of nitrogens with zero attached hydrogens (tertiary/aromatic N) is 1. The number of piperidine rings is 1. The van der Waals surface area contributed by atoms with Crippen LogP contribution in [0, 0.1) is 5.92 Å².